The summed E-state index contributed by atoms with van der Waals surface area (Å²) in [4.78, 5) is 27.4. The lowest BCUT2D eigenvalue weighted by Crippen LogP contribution is -2.19. The van der Waals surface area contributed by atoms with Crippen molar-refractivity contribution in [1.29, 1.82) is 0 Å². The molecule has 3 rings (SSSR count). The third-order valence-electron chi connectivity index (χ3n) is 3.17. The van der Waals surface area contributed by atoms with Gasteiger partial charge in [-0.3, -0.25) is 14.6 Å². The molecular formula is C15H11N4O2. The molecule has 1 radical (unpaired) electrons. The van der Waals surface area contributed by atoms with Crippen LogP contribution in [0.3, 0.4) is 0 Å². The molecule has 0 saturated heterocycles. The molecule has 3 N–H and O–H groups in total. The Morgan fingerprint density at radius 3 is 2.95 bits per heavy atom. The Labute approximate surface area is 119 Å². The van der Waals surface area contributed by atoms with E-state index in [1.54, 1.807) is 24.5 Å². The van der Waals surface area contributed by atoms with E-state index >= 15 is 0 Å². The van der Waals surface area contributed by atoms with Gasteiger partial charge in [0, 0.05) is 24.2 Å². The smallest absolute Gasteiger partial charge is 0.272 e. The number of H-pyrrole nitrogens is 1. The summed E-state index contributed by atoms with van der Waals surface area (Å²) >= 11 is 0. The summed E-state index contributed by atoms with van der Waals surface area (Å²) in [5.74, 6) is -0.690. The van der Waals surface area contributed by atoms with Crippen molar-refractivity contribution >= 4 is 16.7 Å². The van der Waals surface area contributed by atoms with Gasteiger partial charge >= 0.3 is 0 Å². The third kappa shape index (κ3) is 2.38. The molecule has 0 bridgehead atoms. The van der Waals surface area contributed by atoms with E-state index < -0.39 is 11.5 Å². The highest BCUT2D eigenvalue weighted by atomic mass is 16.1. The van der Waals surface area contributed by atoms with E-state index in [1.165, 1.54) is 0 Å². The Morgan fingerprint density at radius 2 is 2.24 bits per heavy atom. The minimum absolute atomic E-state index is 0.0728. The molecule has 6 heteroatoms. The molecule has 0 aliphatic rings. The number of primary amides is 1. The molecular weight excluding hydrogens is 268 g/mol. The first kappa shape index (κ1) is 13.0. The first-order valence-corrected chi connectivity index (χ1v) is 6.27. The monoisotopic (exact) mass is 279 g/mol. The van der Waals surface area contributed by atoms with Gasteiger partial charge in [-0.25, -0.2) is 5.10 Å². The van der Waals surface area contributed by atoms with Crippen LogP contribution in [-0.2, 0) is 6.42 Å². The predicted molar refractivity (Wildman–Crippen MR) is 76.8 cm³/mol. The number of benzene rings is 1. The minimum Gasteiger partial charge on any atom is -0.366 e. The maximum Gasteiger partial charge on any atom is 0.272 e. The lowest BCUT2D eigenvalue weighted by molar-refractivity contribution is 0.100. The van der Waals surface area contributed by atoms with Crippen LogP contribution in [0.15, 0.2) is 41.5 Å². The molecule has 103 valence electrons. The Kier molecular flexibility index (Phi) is 3.19. The van der Waals surface area contributed by atoms with Crippen LogP contribution in [0, 0.1) is 6.07 Å². The van der Waals surface area contributed by atoms with Crippen molar-refractivity contribution in [3.63, 3.8) is 0 Å². The largest absolute Gasteiger partial charge is 0.366 e. The number of rotatable bonds is 3. The van der Waals surface area contributed by atoms with Gasteiger partial charge in [0.2, 0.25) is 5.91 Å². The second-order valence-corrected chi connectivity index (χ2v) is 4.54. The fraction of sp³-hybridized carbons (Fsp3) is 0.0667. The van der Waals surface area contributed by atoms with Crippen LogP contribution in [0.4, 0.5) is 0 Å². The number of carbonyl (C=O) groups excluding carboxylic acids is 1. The number of amides is 1. The van der Waals surface area contributed by atoms with Gasteiger partial charge in [-0.15, -0.1) is 0 Å². The summed E-state index contributed by atoms with van der Waals surface area (Å²) in [6.45, 7) is 0. The number of hydrogen-bond acceptors (Lipinski definition) is 4. The van der Waals surface area contributed by atoms with Crippen molar-refractivity contribution in [2.24, 2.45) is 5.73 Å². The summed E-state index contributed by atoms with van der Waals surface area (Å²) < 4.78 is 0. The fourth-order valence-corrected chi connectivity index (χ4v) is 2.23. The van der Waals surface area contributed by atoms with Gasteiger partial charge in [0.15, 0.2) is 0 Å². The molecule has 0 atom stereocenters. The van der Waals surface area contributed by atoms with Crippen LogP contribution in [-0.4, -0.2) is 21.1 Å². The quantitative estimate of drug-likeness (QED) is 0.740. The molecule has 0 spiro atoms. The molecule has 2 heterocycles. The number of carbonyl (C=O) groups is 1. The first-order valence-electron chi connectivity index (χ1n) is 6.27. The summed E-state index contributed by atoms with van der Waals surface area (Å²) in [7, 11) is 0. The molecule has 3 aromatic rings. The zero-order valence-corrected chi connectivity index (χ0v) is 11.0. The Bertz CT molecular complexity index is 872. The number of aromatic nitrogens is 3. The van der Waals surface area contributed by atoms with E-state index in [1.807, 2.05) is 12.1 Å². The maximum absolute atomic E-state index is 12.0. The van der Waals surface area contributed by atoms with E-state index in [4.69, 9.17) is 5.73 Å². The number of aromatic amines is 1. The van der Waals surface area contributed by atoms with Crippen LogP contribution >= 0.6 is 0 Å². The summed E-state index contributed by atoms with van der Waals surface area (Å²) in [6.07, 6.45) is 3.90. The Morgan fingerprint density at radius 1 is 1.38 bits per heavy atom. The summed E-state index contributed by atoms with van der Waals surface area (Å²) in [5.41, 5.74) is 6.52. The molecule has 1 aromatic carbocycles. The van der Waals surface area contributed by atoms with Gasteiger partial charge in [-0.1, -0.05) is 18.2 Å². The number of hydrogen-bond donors (Lipinski definition) is 2. The van der Waals surface area contributed by atoms with Crippen LogP contribution in [0.2, 0.25) is 0 Å². The van der Waals surface area contributed by atoms with Gasteiger partial charge in [0.25, 0.3) is 5.56 Å². The van der Waals surface area contributed by atoms with Crippen LogP contribution in [0.1, 0.15) is 21.6 Å². The van der Waals surface area contributed by atoms with Crippen molar-refractivity contribution in [3.8, 4) is 0 Å². The van der Waals surface area contributed by atoms with Crippen molar-refractivity contribution < 1.29 is 4.79 Å². The molecule has 0 aliphatic heterocycles. The van der Waals surface area contributed by atoms with E-state index in [0.29, 0.717) is 17.5 Å². The van der Waals surface area contributed by atoms with E-state index in [0.717, 1.165) is 5.56 Å². The molecule has 0 aliphatic carbocycles. The van der Waals surface area contributed by atoms with Crippen LogP contribution in [0.25, 0.3) is 10.8 Å². The highest BCUT2D eigenvalue weighted by Crippen LogP contribution is 2.18. The molecule has 2 aromatic heterocycles. The van der Waals surface area contributed by atoms with Gasteiger partial charge in [0.1, 0.15) is 0 Å². The topological polar surface area (TPSA) is 102 Å². The zero-order chi connectivity index (χ0) is 14.8. The fourth-order valence-electron chi connectivity index (χ4n) is 2.23. The molecule has 1 amide bonds. The average molecular weight is 279 g/mol. The second-order valence-electron chi connectivity index (χ2n) is 4.54. The van der Waals surface area contributed by atoms with Crippen LogP contribution in [0.5, 0.6) is 0 Å². The number of pyridine rings is 1. The lowest BCUT2D eigenvalue weighted by Gasteiger charge is -2.06. The Balaban J connectivity index is 2.22. The van der Waals surface area contributed by atoms with Gasteiger partial charge in [-0.05, 0) is 17.7 Å². The highest BCUT2D eigenvalue weighted by Gasteiger charge is 2.14. The average Bonchev–Trinajstić information content (AvgIpc) is 2.50. The molecule has 0 unspecified atom stereocenters. The van der Waals surface area contributed by atoms with Crippen molar-refractivity contribution in [1.82, 2.24) is 15.2 Å². The number of nitrogens with zero attached hydrogens (tertiary/aromatic N) is 2. The summed E-state index contributed by atoms with van der Waals surface area (Å²) in [5, 5.41) is 7.29. The van der Waals surface area contributed by atoms with Gasteiger partial charge < -0.3 is 5.73 Å². The highest BCUT2D eigenvalue weighted by molar-refractivity contribution is 6.06. The van der Waals surface area contributed by atoms with Gasteiger partial charge in [0.05, 0.1) is 16.6 Å². The second kappa shape index (κ2) is 5.16. The standard InChI is InChI=1S/C15H11N4O2/c16-14(20)11-5-1-4-10-12(18-19-15(21)13(10)11)7-9-3-2-6-17-8-9/h1-4,6,8H,7H2,(H2,16,20)(H,19,21). The zero-order valence-electron chi connectivity index (χ0n) is 11.0. The number of nitrogens with one attached hydrogen (secondary N) is 1. The molecule has 6 nitrogen and oxygen atoms in total. The first-order chi connectivity index (χ1) is 10.2. The predicted octanol–water partition coefficient (Wildman–Crippen LogP) is 0.808. The minimum atomic E-state index is -0.690. The third-order valence-corrected chi connectivity index (χ3v) is 3.17. The van der Waals surface area contributed by atoms with Crippen molar-refractivity contribution in [3.05, 3.63) is 69.9 Å². The van der Waals surface area contributed by atoms with Crippen LogP contribution < -0.4 is 11.3 Å². The SMILES string of the molecule is NC(=O)c1[c]ccc2c(Cc3cccnc3)n[nH]c(=O)c12. The molecule has 0 saturated carbocycles. The summed E-state index contributed by atoms with van der Waals surface area (Å²) in [6, 6.07) is 9.72. The molecule has 21 heavy (non-hydrogen) atoms. The number of fused-ring (bicyclic) bond motifs is 1. The molecule has 0 fully saturated rings. The van der Waals surface area contributed by atoms with Crippen molar-refractivity contribution in [2.45, 2.75) is 6.42 Å². The van der Waals surface area contributed by atoms with E-state index in [2.05, 4.69) is 21.2 Å². The van der Waals surface area contributed by atoms with E-state index in [9.17, 15) is 9.59 Å². The van der Waals surface area contributed by atoms with E-state index in [-0.39, 0.29) is 10.9 Å². The normalized spacial score (nSPS) is 10.7. The Hall–Kier alpha value is -3.02. The number of nitrogens with two attached hydrogens (primary N) is 1. The lowest BCUT2D eigenvalue weighted by atomic mass is 10.0. The van der Waals surface area contributed by atoms with Crippen molar-refractivity contribution in [2.75, 3.05) is 0 Å². The maximum atomic E-state index is 12.0. The van der Waals surface area contributed by atoms with Gasteiger partial charge in [-0.2, -0.15) is 5.10 Å².